The summed E-state index contributed by atoms with van der Waals surface area (Å²) in [6.07, 6.45) is 4.12. The van der Waals surface area contributed by atoms with Crippen LogP contribution in [-0.4, -0.2) is 61.2 Å². The van der Waals surface area contributed by atoms with E-state index < -0.39 is 0 Å². The van der Waals surface area contributed by atoms with Crippen molar-refractivity contribution in [3.63, 3.8) is 0 Å². The van der Waals surface area contributed by atoms with Gasteiger partial charge in [-0.25, -0.2) is 0 Å². The molecular weight excluding hydrogens is 198 g/mol. The van der Waals surface area contributed by atoms with Crippen molar-refractivity contribution in [1.29, 1.82) is 0 Å². The van der Waals surface area contributed by atoms with Crippen LogP contribution in [0.3, 0.4) is 0 Å². The lowest BCUT2D eigenvalue weighted by Crippen LogP contribution is -2.40. The Hall–Kier alpha value is -0.120. The SMILES string of the molecule is CCN(CC)C1CCN(CC2CCCN2)C1. The molecule has 0 aromatic rings. The second-order valence-corrected chi connectivity index (χ2v) is 5.22. The van der Waals surface area contributed by atoms with Gasteiger partial charge < -0.3 is 10.2 Å². The van der Waals surface area contributed by atoms with Crippen molar-refractivity contribution >= 4 is 0 Å². The fourth-order valence-electron chi connectivity index (χ4n) is 3.24. The Kier molecular flexibility index (Phi) is 4.62. The largest absolute Gasteiger partial charge is 0.313 e. The van der Waals surface area contributed by atoms with Gasteiger partial charge in [-0.1, -0.05) is 13.8 Å². The molecule has 1 N–H and O–H groups in total. The number of likely N-dealkylation sites (tertiary alicyclic amines) is 1. The highest BCUT2D eigenvalue weighted by Crippen LogP contribution is 2.17. The van der Waals surface area contributed by atoms with Crippen molar-refractivity contribution in [2.24, 2.45) is 0 Å². The highest BCUT2D eigenvalue weighted by atomic mass is 15.3. The summed E-state index contributed by atoms with van der Waals surface area (Å²) in [6, 6.07) is 1.59. The van der Waals surface area contributed by atoms with Gasteiger partial charge in [-0.3, -0.25) is 4.90 Å². The van der Waals surface area contributed by atoms with Crippen molar-refractivity contribution in [2.45, 2.75) is 45.2 Å². The molecule has 16 heavy (non-hydrogen) atoms. The molecule has 2 unspecified atom stereocenters. The quantitative estimate of drug-likeness (QED) is 0.757. The Morgan fingerprint density at radius 3 is 2.69 bits per heavy atom. The first-order valence-electron chi connectivity index (χ1n) is 7.03. The van der Waals surface area contributed by atoms with E-state index in [1.807, 2.05) is 0 Å². The van der Waals surface area contributed by atoms with Crippen LogP contribution >= 0.6 is 0 Å². The van der Waals surface area contributed by atoms with Crippen LogP contribution in [0.25, 0.3) is 0 Å². The molecule has 0 aromatic carbocycles. The molecule has 3 heteroatoms. The summed E-state index contributed by atoms with van der Waals surface area (Å²) in [6.45, 7) is 12.1. The molecule has 0 spiro atoms. The fraction of sp³-hybridized carbons (Fsp3) is 1.00. The zero-order valence-electron chi connectivity index (χ0n) is 10.9. The molecule has 0 radical (unpaired) electrons. The van der Waals surface area contributed by atoms with Crippen LogP contribution in [0.1, 0.15) is 33.1 Å². The highest BCUT2D eigenvalue weighted by Gasteiger charge is 2.28. The van der Waals surface area contributed by atoms with Crippen LogP contribution in [0.2, 0.25) is 0 Å². The van der Waals surface area contributed by atoms with E-state index in [1.165, 1.54) is 58.5 Å². The Labute approximate surface area is 100 Å². The van der Waals surface area contributed by atoms with Gasteiger partial charge in [-0.05, 0) is 45.4 Å². The van der Waals surface area contributed by atoms with E-state index in [1.54, 1.807) is 0 Å². The van der Waals surface area contributed by atoms with Gasteiger partial charge in [0.15, 0.2) is 0 Å². The standard InChI is InChI=1S/C13H27N3/c1-3-16(4-2)13-7-9-15(11-13)10-12-6-5-8-14-12/h12-14H,3-11H2,1-2H3. The summed E-state index contributed by atoms with van der Waals surface area (Å²) >= 11 is 0. The molecular formula is C13H27N3. The molecule has 0 aromatic heterocycles. The number of hydrogen-bond donors (Lipinski definition) is 1. The van der Waals surface area contributed by atoms with Gasteiger partial charge in [0.2, 0.25) is 0 Å². The summed E-state index contributed by atoms with van der Waals surface area (Å²) in [5, 5.41) is 3.60. The predicted octanol–water partition coefficient (Wildman–Crippen LogP) is 1.15. The van der Waals surface area contributed by atoms with E-state index in [4.69, 9.17) is 0 Å². The smallest absolute Gasteiger partial charge is 0.0235 e. The van der Waals surface area contributed by atoms with E-state index in [0.29, 0.717) is 0 Å². The molecule has 2 atom stereocenters. The van der Waals surface area contributed by atoms with Crippen LogP contribution in [0.4, 0.5) is 0 Å². The highest BCUT2D eigenvalue weighted by molar-refractivity contribution is 4.86. The lowest BCUT2D eigenvalue weighted by atomic mass is 10.2. The summed E-state index contributed by atoms with van der Waals surface area (Å²) < 4.78 is 0. The van der Waals surface area contributed by atoms with Gasteiger partial charge in [0.25, 0.3) is 0 Å². The third-order valence-electron chi connectivity index (χ3n) is 4.22. The first-order valence-corrected chi connectivity index (χ1v) is 7.03. The second-order valence-electron chi connectivity index (χ2n) is 5.22. The zero-order valence-corrected chi connectivity index (χ0v) is 10.9. The molecule has 2 aliphatic rings. The predicted molar refractivity (Wildman–Crippen MR) is 68.8 cm³/mol. The van der Waals surface area contributed by atoms with Crippen LogP contribution in [-0.2, 0) is 0 Å². The summed E-state index contributed by atoms with van der Waals surface area (Å²) in [5.74, 6) is 0. The average Bonchev–Trinajstić information content (AvgIpc) is 2.93. The monoisotopic (exact) mass is 225 g/mol. The Bertz CT molecular complexity index is 197. The average molecular weight is 225 g/mol. The summed E-state index contributed by atoms with van der Waals surface area (Å²) in [4.78, 5) is 5.27. The van der Waals surface area contributed by atoms with Gasteiger partial charge in [-0.15, -0.1) is 0 Å². The van der Waals surface area contributed by atoms with Crippen molar-refractivity contribution in [2.75, 3.05) is 39.3 Å². The van der Waals surface area contributed by atoms with Crippen LogP contribution in [0.5, 0.6) is 0 Å². The van der Waals surface area contributed by atoms with E-state index in [2.05, 4.69) is 29.0 Å². The zero-order chi connectivity index (χ0) is 11.4. The number of nitrogens with zero attached hydrogens (tertiary/aromatic N) is 2. The molecule has 0 saturated carbocycles. The van der Waals surface area contributed by atoms with Gasteiger partial charge in [0, 0.05) is 25.2 Å². The fourth-order valence-corrected chi connectivity index (χ4v) is 3.24. The first-order chi connectivity index (χ1) is 7.83. The van der Waals surface area contributed by atoms with E-state index >= 15 is 0 Å². The van der Waals surface area contributed by atoms with Gasteiger partial charge >= 0.3 is 0 Å². The van der Waals surface area contributed by atoms with Crippen LogP contribution in [0, 0.1) is 0 Å². The third-order valence-corrected chi connectivity index (χ3v) is 4.22. The molecule has 2 saturated heterocycles. The van der Waals surface area contributed by atoms with Crippen LogP contribution in [0.15, 0.2) is 0 Å². The van der Waals surface area contributed by atoms with Gasteiger partial charge in [0.05, 0.1) is 0 Å². The lowest BCUT2D eigenvalue weighted by molar-refractivity contribution is 0.206. The maximum atomic E-state index is 3.60. The first kappa shape index (κ1) is 12.3. The summed E-state index contributed by atoms with van der Waals surface area (Å²) in [7, 11) is 0. The Morgan fingerprint density at radius 2 is 2.06 bits per heavy atom. The molecule has 2 aliphatic heterocycles. The Morgan fingerprint density at radius 1 is 1.25 bits per heavy atom. The minimum Gasteiger partial charge on any atom is -0.313 e. The maximum absolute atomic E-state index is 3.60. The topological polar surface area (TPSA) is 18.5 Å². The maximum Gasteiger partial charge on any atom is 0.0235 e. The molecule has 0 amide bonds. The van der Waals surface area contributed by atoms with E-state index in [9.17, 15) is 0 Å². The molecule has 0 aliphatic carbocycles. The van der Waals surface area contributed by atoms with E-state index in [0.717, 1.165) is 12.1 Å². The number of hydrogen-bond acceptors (Lipinski definition) is 3. The number of likely N-dealkylation sites (N-methyl/N-ethyl adjacent to an activating group) is 1. The van der Waals surface area contributed by atoms with Gasteiger partial charge in [-0.2, -0.15) is 0 Å². The number of nitrogens with one attached hydrogen (secondary N) is 1. The molecule has 2 heterocycles. The molecule has 3 nitrogen and oxygen atoms in total. The van der Waals surface area contributed by atoms with Crippen molar-refractivity contribution in [1.82, 2.24) is 15.1 Å². The third kappa shape index (κ3) is 2.96. The van der Waals surface area contributed by atoms with Crippen molar-refractivity contribution < 1.29 is 0 Å². The normalized spacial score (nSPS) is 31.7. The van der Waals surface area contributed by atoms with Crippen molar-refractivity contribution in [3.05, 3.63) is 0 Å². The molecule has 2 fully saturated rings. The molecule has 94 valence electrons. The second kappa shape index (κ2) is 5.99. The number of rotatable bonds is 5. The Balaban J connectivity index is 1.74. The minimum absolute atomic E-state index is 0.774. The molecule has 0 bridgehead atoms. The van der Waals surface area contributed by atoms with Crippen molar-refractivity contribution in [3.8, 4) is 0 Å². The lowest BCUT2D eigenvalue weighted by Gasteiger charge is -2.27. The van der Waals surface area contributed by atoms with Crippen LogP contribution < -0.4 is 5.32 Å². The van der Waals surface area contributed by atoms with Gasteiger partial charge in [0.1, 0.15) is 0 Å². The minimum atomic E-state index is 0.774. The van der Waals surface area contributed by atoms with E-state index in [-0.39, 0.29) is 0 Å². The summed E-state index contributed by atoms with van der Waals surface area (Å²) in [5.41, 5.74) is 0. The molecule has 2 rings (SSSR count).